The van der Waals surface area contributed by atoms with Crippen molar-refractivity contribution in [2.45, 2.75) is 25.7 Å². The van der Waals surface area contributed by atoms with Gasteiger partial charge in [0.25, 0.3) is 5.97 Å². The van der Waals surface area contributed by atoms with Crippen LogP contribution in [0.2, 0.25) is 0 Å². The van der Waals surface area contributed by atoms with E-state index in [-0.39, 0.29) is 26.1 Å². The van der Waals surface area contributed by atoms with Crippen LogP contribution >= 0.6 is 0 Å². The van der Waals surface area contributed by atoms with Crippen molar-refractivity contribution in [2.24, 2.45) is 0 Å². The monoisotopic (exact) mass is 248 g/mol. The fourth-order valence-corrected chi connectivity index (χ4v) is 0.857. The van der Waals surface area contributed by atoms with Gasteiger partial charge in [-0.2, -0.15) is 0 Å². The van der Waals surface area contributed by atoms with Gasteiger partial charge in [0.2, 0.25) is 0 Å². The Kier molecular flexibility index (Phi) is 7.11. The van der Waals surface area contributed by atoms with E-state index in [2.05, 4.69) is 9.47 Å². The Balaban J connectivity index is 3.70. The molecule has 0 radical (unpaired) electrons. The Hall–Kier alpha value is -1.44. The molecule has 0 bridgehead atoms. The average molecular weight is 248 g/mol. The van der Waals surface area contributed by atoms with Crippen LogP contribution in [0.25, 0.3) is 0 Å². The molecule has 0 aromatic rings. The van der Waals surface area contributed by atoms with Gasteiger partial charge in [-0.05, 0) is 13.3 Å². The maximum Gasteiger partial charge on any atom is 0.331 e. The minimum atomic E-state index is -2.76. The summed E-state index contributed by atoms with van der Waals surface area (Å²) in [5, 5.41) is 25.5. The van der Waals surface area contributed by atoms with Crippen molar-refractivity contribution in [1.82, 2.24) is 0 Å². The first-order chi connectivity index (χ1) is 7.85. The molecule has 0 aliphatic carbocycles. The largest absolute Gasteiger partial charge is 0.463 e. The number of aliphatic hydroxyl groups is 3. The van der Waals surface area contributed by atoms with Crippen molar-refractivity contribution in [3.05, 3.63) is 12.2 Å². The van der Waals surface area contributed by atoms with Gasteiger partial charge in [0, 0.05) is 18.6 Å². The fraction of sp³-hybridized carbons (Fsp3) is 0.600. The number of esters is 2. The highest BCUT2D eigenvalue weighted by atomic mass is 16.7. The van der Waals surface area contributed by atoms with Gasteiger partial charge in [0.15, 0.2) is 0 Å². The summed E-state index contributed by atoms with van der Waals surface area (Å²) in [6.45, 7) is 1.74. The molecule has 0 saturated heterocycles. The van der Waals surface area contributed by atoms with Gasteiger partial charge >= 0.3 is 11.9 Å². The molecule has 0 rings (SSSR count). The Morgan fingerprint density at radius 1 is 1.12 bits per heavy atom. The second kappa shape index (κ2) is 7.77. The third-order valence-corrected chi connectivity index (χ3v) is 1.54. The molecule has 3 N–H and O–H groups in total. The van der Waals surface area contributed by atoms with Gasteiger partial charge in [-0.3, -0.25) is 0 Å². The number of hydrogen-bond acceptors (Lipinski definition) is 7. The quantitative estimate of drug-likeness (QED) is 0.230. The lowest BCUT2D eigenvalue weighted by molar-refractivity contribution is -0.315. The smallest absolute Gasteiger partial charge is 0.331 e. The van der Waals surface area contributed by atoms with Crippen LogP contribution in [0.5, 0.6) is 0 Å². The van der Waals surface area contributed by atoms with Gasteiger partial charge in [0.1, 0.15) is 0 Å². The summed E-state index contributed by atoms with van der Waals surface area (Å²) in [6, 6.07) is 0. The number of carbonyl (C=O) groups excluding carboxylic acids is 2. The highest BCUT2D eigenvalue weighted by molar-refractivity contribution is 5.91. The highest BCUT2D eigenvalue weighted by Gasteiger charge is 2.17. The molecule has 0 unspecified atom stereocenters. The first-order valence-electron chi connectivity index (χ1n) is 5.04. The number of carbonyl (C=O) groups is 2. The van der Waals surface area contributed by atoms with Crippen molar-refractivity contribution in [3.63, 3.8) is 0 Å². The Morgan fingerprint density at radius 3 is 2.12 bits per heavy atom. The van der Waals surface area contributed by atoms with E-state index in [1.54, 1.807) is 6.92 Å². The number of rotatable bonds is 7. The molecule has 0 atom stereocenters. The zero-order valence-electron chi connectivity index (χ0n) is 9.46. The van der Waals surface area contributed by atoms with Crippen LogP contribution in [0.4, 0.5) is 0 Å². The SMILES string of the molecule is CCOC(=O)/C=C\C(=O)OCCCC(O)(O)O. The standard InChI is InChI=1S/C10H16O7/c1-2-16-8(11)4-5-9(12)17-7-3-6-10(13,14)15/h4-5,13-15H,2-3,6-7H2,1H3/b5-4-. The first kappa shape index (κ1) is 15.6. The molecule has 0 aliphatic heterocycles. The summed E-state index contributed by atoms with van der Waals surface area (Å²) >= 11 is 0. The van der Waals surface area contributed by atoms with Gasteiger partial charge in [-0.1, -0.05) is 0 Å². The van der Waals surface area contributed by atoms with E-state index >= 15 is 0 Å². The molecular formula is C10H16O7. The Labute approximate surface area is 98.3 Å². The minimum Gasteiger partial charge on any atom is -0.463 e. The minimum absolute atomic E-state index is 0.0719. The second-order valence-corrected chi connectivity index (χ2v) is 3.13. The van der Waals surface area contributed by atoms with Crippen molar-refractivity contribution in [3.8, 4) is 0 Å². The molecule has 0 saturated carbocycles. The lowest BCUT2D eigenvalue weighted by atomic mass is 10.3. The van der Waals surface area contributed by atoms with Crippen molar-refractivity contribution >= 4 is 11.9 Å². The Morgan fingerprint density at radius 2 is 1.65 bits per heavy atom. The Bertz CT molecular complexity index is 277. The van der Waals surface area contributed by atoms with Crippen LogP contribution in [-0.4, -0.2) is 46.4 Å². The summed E-state index contributed by atoms with van der Waals surface area (Å²) in [5.74, 6) is -4.16. The topological polar surface area (TPSA) is 113 Å². The highest BCUT2D eigenvalue weighted by Crippen LogP contribution is 2.03. The zero-order chi connectivity index (χ0) is 13.3. The van der Waals surface area contributed by atoms with Gasteiger partial charge in [0.05, 0.1) is 13.2 Å². The van der Waals surface area contributed by atoms with Crippen molar-refractivity contribution in [1.29, 1.82) is 0 Å². The molecular weight excluding hydrogens is 232 g/mol. The summed E-state index contributed by atoms with van der Waals surface area (Å²) in [4.78, 5) is 21.8. The summed E-state index contributed by atoms with van der Waals surface area (Å²) < 4.78 is 9.13. The molecule has 7 heteroatoms. The van der Waals surface area contributed by atoms with Crippen LogP contribution in [0.1, 0.15) is 19.8 Å². The third-order valence-electron chi connectivity index (χ3n) is 1.54. The molecule has 0 aromatic heterocycles. The molecule has 0 fully saturated rings. The molecule has 0 amide bonds. The van der Waals surface area contributed by atoms with Gasteiger partial charge in [-0.15, -0.1) is 0 Å². The van der Waals surface area contributed by atoms with E-state index in [9.17, 15) is 9.59 Å². The predicted molar refractivity (Wildman–Crippen MR) is 55.4 cm³/mol. The van der Waals surface area contributed by atoms with Crippen LogP contribution in [-0.2, 0) is 19.1 Å². The number of hydrogen-bond donors (Lipinski definition) is 3. The molecule has 0 heterocycles. The van der Waals surface area contributed by atoms with E-state index in [0.717, 1.165) is 12.2 Å². The predicted octanol–water partition coefficient (Wildman–Crippen LogP) is -0.940. The van der Waals surface area contributed by atoms with E-state index in [4.69, 9.17) is 15.3 Å². The maximum absolute atomic E-state index is 11.0. The van der Waals surface area contributed by atoms with E-state index < -0.39 is 17.9 Å². The lowest BCUT2D eigenvalue weighted by Gasteiger charge is -2.12. The lowest BCUT2D eigenvalue weighted by Crippen LogP contribution is -2.27. The second-order valence-electron chi connectivity index (χ2n) is 3.13. The molecule has 0 spiro atoms. The fourth-order valence-electron chi connectivity index (χ4n) is 0.857. The molecule has 7 nitrogen and oxygen atoms in total. The van der Waals surface area contributed by atoms with Crippen molar-refractivity contribution < 1.29 is 34.4 Å². The van der Waals surface area contributed by atoms with E-state index in [1.807, 2.05) is 0 Å². The van der Waals surface area contributed by atoms with E-state index in [0.29, 0.717) is 0 Å². The first-order valence-corrected chi connectivity index (χ1v) is 5.04. The molecule has 17 heavy (non-hydrogen) atoms. The maximum atomic E-state index is 11.0. The number of ether oxygens (including phenoxy) is 2. The summed E-state index contributed by atoms with van der Waals surface area (Å²) in [5.41, 5.74) is 0. The summed E-state index contributed by atoms with van der Waals surface area (Å²) in [7, 11) is 0. The van der Waals surface area contributed by atoms with Crippen LogP contribution < -0.4 is 0 Å². The van der Waals surface area contributed by atoms with Crippen LogP contribution in [0.3, 0.4) is 0 Å². The zero-order valence-corrected chi connectivity index (χ0v) is 9.46. The normalized spacial score (nSPS) is 11.5. The summed E-state index contributed by atoms with van der Waals surface area (Å²) in [6.07, 6.45) is 1.56. The molecule has 0 aliphatic rings. The van der Waals surface area contributed by atoms with Crippen LogP contribution in [0, 0.1) is 0 Å². The third kappa shape index (κ3) is 10.8. The van der Waals surface area contributed by atoms with Gasteiger partial charge in [-0.25, -0.2) is 9.59 Å². The van der Waals surface area contributed by atoms with Crippen molar-refractivity contribution in [2.75, 3.05) is 13.2 Å². The average Bonchev–Trinajstić information content (AvgIpc) is 2.21. The van der Waals surface area contributed by atoms with E-state index in [1.165, 1.54) is 0 Å². The van der Waals surface area contributed by atoms with Crippen LogP contribution in [0.15, 0.2) is 12.2 Å². The molecule has 0 aromatic carbocycles. The molecule has 98 valence electrons. The van der Waals surface area contributed by atoms with Gasteiger partial charge < -0.3 is 24.8 Å².